The standard InChI is InChI=1S/C14H17FN4O2S/c1-22(21)19-6-5-16-14-17-7-11(8-18-14)12-4-2-3-10(9-20)13(12)15/h2-4,7-8,19-20H,5-6,9H2,1H3,(H,16,17,18). The molecule has 0 saturated carbocycles. The minimum atomic E-state index is -1.05. The second-order valence-corrected chi connectivity index (χ2v) is 5.70. The van der Waals surface area contributed by atoms with Crippen molar-refractivity contribution in [2.45, 2.75) is 6.61 Å². The van der Waals surface area contributed by atoms with Crippen molar-refractivity contribution in [3.05, 3.63) is 42.0 Å². The van der Waals surface area contributed by atoms with Gasteiger partial charge in [0.25, 0.3) is 0 Å². The Morgan fingerprint density at radius 1 is 1.27 bits per heavy atom. The third-order valence-corrected chi connectivity index (χ3v) is 3.54. The molecule has 2 aromatic rings. The molecule has 0 aliphatic carbocycles. The first kappa shape index (κ1) is 16.5. The highest BCUT2D eigenvalue weighted by molar-refractivity contribution is 7.82. The molecular weight excluding hydrogens is 307 g/mol. The highest BCUT2D eigenvalue weighted by Gasteiger charge is 2.10. The van der Waals surface area contributed by atoms with Crippen LogP contribution in [0.3, 0.4) is 0 Å². The van der Waals surface area contributed by atoms with E-state index in [-0.39, 0.29) is 12.2 Å². The van der Waals surface area contributed by atoms with Crippen LogP contribution < -0.4 is 10.0 Å². The molecule has 0 spiro atoms. The smallest absolute Gasteiger partial charge is 0.222 e. The van der Waals surface area contributed by atoms with E-state index < -0.39 is 16.8 Å². The number of aliphatic hydroxyl groups is 1. The molecule has 6 nitrogen and oxygen atoms in total. The minimum absolute atomic E-state index is 0.235. The van der Waals surface area contributed by atoms with Crippen LogP contribution in [-0.4, -0.2) is 38.6 Å². The number of benzene rings is 1. The molecule has 0 saturated heterocycles. The molecule has 0 aliphatic heterocycles. The van der Waals surface area contributed by atoms with Crippen molar-refractivity contribution in [1.82, 2.24) is 14.7 Å². The Labute approximate surface area is 130 Å². The van der Waals surface area contributed by atoms with Crippen LogP contribution in [0.15, 0.2) is 30.6 Å². The van der Waals surface area contributed by atoms with E-state index in [2.05, 4.69) is 20.0 Å². The number of anilines is 1. The Balaban J connectivity index is 2.04. The number of aliphatic hydroxyl groups excluding tert-OH is 1. The van der Waals surface area contributed by atoms with E-state index in [9.17, 15) is 8.60 Å². The fourth-order valence-corrected chi connectivity index (χ4v) is 2.24. The van der Waals surface area contributed by atoms with Gasteiger partial charge < -0.3 is 10.4 Å². The normalized spacial score (nSPS) is 12.1. The fourth-order valence-electron chi connectivity index (χ4n) is 1.85. The number of aromatic nitrogens is 2. The minimum Gasteiger partial charge on any atom is -0.392 e. The summed E-state index contributed by atoms with van der Waals surface area (Å²) in [5, 5.41) is 12.0. The fraction of sp³-hybridized carbons (Fsp3) is 0.286. The van der Waals surface area contributed by atoms with Crippen molar-refractivity contribution in [1.29, 1.82) is 0 Å². The van der Waals surface area contributed by atoms with Crippen LogP contribution in [-0.2, 0) is 17.6 Å². The van der Waals surface area contributed by atoms with E-state index in [1.54, 1.807) is 18.4 Å². The van der Waals surface area contributed by atoms with Gasteiger partial charge in [-0.05, 0) is 0 Å². The maximum Gasteiger partial charge on any atom is 0.222 e. The molecule has 0 fully saturated rings. The Hall–Kier alpha value is -1.90. The maximum atomic E-state index is 14.1. The number of hydrogen-bond donors (Lipinski definition) is 3. The summed E-state index contributed by atoms with van der Waals surface area (Å²) in [6.45, 7) is 0.681. The first-order valence-electron chi connectivity index (χ1n) is 6.63. The molecule has 118 valence electrons. The molecule has 1 atom stereocenters. The molecule has 1 aromatic heterocycles. The second-order valence-electron chi connectivity index (χ2n) is 4.51. The van der Waals surface area contributed by atoms with Crippen LogP contribution in [0.4, 0.5) is 10.3 Å². The summed E-state index contributed by atoms with van der Waals surface area (Å²) in [7, 11) is -1.05. The summed E-state index contributed by atoms with van der Waals surface area (Å²) in [6.07, 6.45) is 4.58. The number of nitrogens with zero attached hydrogens (tertiary/aromatic N) is 2. The molecule has 2 rings (SSSR count). The quantitative estimate of drug-likeness (QED) is 0.663. The summed E-state index contributed by atoms with van der Waals surface area (Å²) >= 11 is 0. The summed E-state index contributed by atoms with van der Waals surface area (Å²) in [4.78, 5) is 8.23. The van der Waals surface area contributed by atoms with Gasteiger partial charge in [0.2, 0.25) is 5.95 Å². The van der Waals surface area contributed by atoms with Crippen molar-refractivity contribution in [2.75, 3.05) is 24.7 Å². The lowest BCUT2D eigenvalue weighted by Gasteiger charge is -2.08. The Kier molecular flexibility index (Phi) is 5.93. The molecule has 1 heterocycles. The second kappa shape index (κ2) is 7.92. The van der Waals surface area contributed by atoms with Gasteiger partial charge in [0.15, 0.2) is 0 Å². The lowest BCUT2D eigenvalue weighted by atomic mass is 10.1. The van der Waals surface area contributed by atoms with Crippen LogP contribution >= 0.6 is 0 Å². The lowest BCUT2D eigenvalue weighted by molar-refractivity contribution is 0.276. The van der Waals surface area contributed by atoms with Crippen LogP contribution in [0.1, 0.15) is 5.56 Å². The van der Waals surface area contributed by atoms with Gasteiger partial charge in [0.05, 0.1) is 17.6 Å². The van der Waals surface area contributed by atoms with Gasteiger partial charge in [-0.2, -0.15) is 0 Å². The Bertz CT molecular complexity index is 652. The molecule has 1 aromatic carbocycles. The molecule has 0 amide bonds. The number of nitrogens with one attached hydrogen (secondary N) is 2. The van der Waals surface area contributed by atoms with E-state index in [1.807, 2.05) is 0 Å². The van der Waals surface area contributed by atoms with Crippen LogP contribution in [0.5, 0.6) is 0 Å². The number of halogens is 1. The molecule has 1 unspecified atom stereocenters. The SMILES string of the molecule is CS(=O)NCCNc1ncc(-c2cccc(CO)c2F)cn1. The topological polar surface area (TPSA) is 87.1 Å². The highest BCUT2D eigenvalue weighted by Crippen LogP contribution is 2.24. The van der Waals surface area contributed by atoms with Gasteiger partial charge in [0.1, 0.15) is 5.82 Å². The van der Waals surface area contributed by atoms with E-state index in [1.165, 1.54) is 18.5 Å². The van der Waals surface area contributed by atoms with Crippen molar-refractivity contribution in [3.63, 3.8) is 0 Å². The first-order valence-corrected chi connectivity index (χ1v) is 8.19. The van der Waals surface area contributed by atoms with E-state index in [0.29, 0.717) is 30.2 Å². The van der Waals surface area contributed by atoms with E-state index in [0.717, 1.165) is 0 Å². The first-order chi connectivity index (χ1) is 10.6. The highest BCUT2D eigenvalue weighted by atomic mass is 32.2. The zero-order valence-electron chi connectivity index (χ0n) is 12.0. The third-order valence-electron chi connectivity index (χ3n) is 2.93. The van der Waals surface area contributed by atoms with Gasteiger partial charge >= 0.3 is 0 Å². The summed E-state index contributed by atoms with van der Waals surface area (Å²) in [5.74, 6) is -0.0601. The molecule has 3 N–H and O–H groups in total. The van der Waals surface area contributed by atoms with Crippen molar-refractivity contribution < 1.29 is 13.7 Å². The van der Waals surface area contributed by atoms with Gasteiger partial charge in [0, 0.05) is 48.4 Å². The zero-order chi connectivity index (χ0) is 15.9. The number of hydrogen-bond acceptors (Lipinski definition) is 5. The maximum absolute atomic E-state index is 14.1. The predicted molar refractivity (Wildman–Crippen MR) is 83.9 cm³/mol. The van der Waals surface area contributed by atoms with Crippen LogP contribution in [0, 0.1) is 5.82 Å². The lowest BCUT2D eigenvalue weighted by Crippen LogP contribution is -2.23. The van der Waals surface area contributed by atoms with Crippen molar-refractivity contribution in [3.8, 4) is 11.1 Å². The van der Waals surface area contributed by atoms with Gasteiger partial charge in [-0.25, -0.2) is 23.3 Å². The average Bonchev–Trinajstić information content (AvgIpc) is 2.52. The Morgan fingerprint density at radius 3 is 2.64 bits per heavy atom. The van der Waals surface area contributed by atoms with Crippen LogP contribution in [0.25, 0.3) is 11.1 Å². The molecule has 8 heteroatoms. The summed E-state index contributed by atoms with van der Waals surface area (Å²) in [6, 6.07) is 4.81. The van der Waals surface area contributed by atoms with Gasteiger partial charge in [-0.1, -0.05) is 18.2 Å². The molecular formula is C14H17FN4O2S. The average molecular weight is 324 g/mol. The van der Waals surface area contributed by atoms with E-state index in [4.69, 9.17) is 5.11 Å². The largest absolute Gasteiger partial charge is 0.392 e. The predicted octanol–water partition coefficient (Wildman–Crippen LogP) is 1.07. The summed E-state index contributed by atoms with van der Waals surface area (Å²) < 4.78 is 27.7. The molecule has 0 bridgehead atoms. The zero-order valence-corrected chi connectivity index (χ0v) is 12.9. The van der Waals surface area contributed by atoms with Gasteiger partial charge in [-0.15, -0.1) is 0 Å². The molecule has 0 radical (unpaired) electrons. The number of rotatable bonds is 7. The molecule has 0 aliphatic rings. The van der Waals surface area contributed by atoms with Crippen molar-refractivity contribution in [2.24, 2.45) is 0 Å². The molecule has 22 heavy (non-hydrogen) atoms. The third kappa shape index (κ3) is 4.30. The van der Waals surface area contributed by atoms with E-state index >= 15 is 0 Å². The Morgan fingerprint density at radius 2 is 2.00 bits per heavy atom. The van der Waals surface area contributed by atoms with Crippen molar-refractivity contribution >= 4 is 16.9 Å². The van der Waals surface area contributed by atoms with Gasteiger partial charge in [-0.3, -0.25) is 0 Å². The monoisotopic (exact) mass is 324 g/mol. The summed E-state index contributed by atoms with van der Waals surface area (Å²) in [5.41, 5.74) is 1.12. The van der Waals surface area contributed by atoms with Crippen LogP contribution in [0.2, 0.25) is 0 Å².